The van der Waals surface area contributed by atoms with Crippen molar-refractivity contribution in [2.24, 2.45) is 7.05 Å². The van der Waals surface area contributed by atoms with Gasteiger partial charge in [-0.2, -0.15) is 5.10 Å². The van der Waals surface area contributed by atoms with E-state index in [9.17, 15) is 4.79 Å². The first-order chi connectivity index (χ1) is 9.65. The minimum absolute atomic E-state index is 0.0979. The van der Waals surface area contributed by atoms with Gasteiger partial charge in [0.25, 0.3) is 0 Å². The van der Waals surface area contributed by atoms with E-state index >= 15 is 0 Å². The van der Waals surface area contributed by atoms with E-state index in [1.807, 2.05) is 17.9 Å². The zero-order valence-electron chi connectivity index (χ0n) is 12.0. The fourth-order valence-electron chi connectivity index (χ4n) is 2.53. The van der Waals surface area contributed by atoms with Crippen molar-refractivity contribution < 1.29 is 14.6 Å². The molecule has 1 saturated heterocycles. The third kappa shape index (κ3) is 4.61. The first kappa shape index (κ1) is 15.0. The van der Waals surface area contributed by atoms with Crippen molar-refractivity contribution in [1.82, 2.24) is 14.7 Å². The lowest BCUT2D eigenvalue weighted by Crippen LogP contribution is -2.38. The summed E-state index contributed by atoms with van der Waals surface area (Å²) in [4.78, 5) is 12.9. The van der Waals surface area contributed by atoms with Crippen LogP contribution in [0.2, 0.25) is 0 Å². The molecule has 0 bridgehead atoms. The maximum atomic E-state index is 10.4. The Morgan fingerprint density at radius 2 is 2.25 bits per heavy atom. The smallest absolute Gasteiger partial charge is 0.305 e. The molecule has 6 heteroatoms. The van der Waals surface area contributed by atoms with Gasteiger partial charge >= 0.3 is 5.97 Å². The van der Waals surface area contributed by atoms with Crippen molar-refractivity contribution >= 4 is 5.97 Å². The molecule has 6 nitrogen and oxygen atoms in total. The first-order valence-corrected chi connectivity index (χ1v) is 7.18. The van der Waals surface area contributed by atoms with Gasteiger partial charge in [-0.3, -0.25) is 9.48 Å². The summed E-state index contributed by atoms with van der Waals surface area (Å²) >= 11 is 0. The van der Waals surface area contributed by atoms with Gasteiger partial charge in [0.05, 0.1) is 19.1 Å². The molecule has 1 aromatic rings. The van der Waals surface area contributed by atoms with Crippen molar-refractivity contribution in [3.8, 4) is 0 Å². The minimum Gasteiger partial charge on any atom is -0.481 e. The Labute approximate surface area is 119 Å². The highest BCUT2D eigenvalue weighted by atomic mass is 16.5. The van der Waals surface area contributed by atoms with Crippen LogP contribution in [0.1, 0.15) is 25.0 Å². The predicted molar refractivity (Wildman–Crippen MR) is 74.6 cm³/mol. The number of nitrogens with zero attached hydrogens (tertiary/aromatic N) is 3. The van der Waals surface area contributed by atoms with Crippen LogP contribution in [-0.4, -0.2) is 58.1 Å². The lowest BCUT2D eigenvalue weighted by molar-refractivity contribution is -0.138. The molecule has 1 fully saturated rings. The topological polar surface area (TPSA) is 67.6 Å². The summed E-state index contributed by atoms with van der Waals surface area (Å²) in [5.41, 5.74) is 1.25. The number of carbonyl (C=O) groups is 1. The number of ether oxygens (including phenoxy) is 1. The molecule has 1 aromatic heterocycles. The Bertz CT molecular complexity index is 425. The molecule has 0 aliphatic carbocycles. The van der Waals surface area contributed by atoms with Gasteiger partial charge in [0.15, 0.2) is 0 Å². The zero-order chi connectivity index (χ0) is 14.4. The van der Waals surface area contributed by atoms with Crippen molar-refractivity contribution in [2.75, 3.05) is 26.2 Å². The van der Waals surface area contributed by atoms with Crippen molar-refractivity contribution in [3.05, 3.63) is 18.0 Å². The minimum atomic E-state index is -0.793. The quantitative estimate of drug-likeness (QED) is 0.805. The van der Waals surface area contributed by atoms with Crippen LogP contribution in [0.5, 0.6) is 0 Å². The lowest BCUT2D eigenvalue weighted by Gasteiger charge is -2.31. The van der Waals surface area contributed by atoms with E-state index in [1.165, 1.54) is 5.69 Å². The molecule has 0 atom stereocenters. The highest BCUT2D eigenvalue weighted by Crippen LogP contribution is 2.14. The summed E-state index contributed by atoms with van der Waals surface area (Å²) in [7, 11) is 1.97. The fraction of sp³-hybridized carbons (Fsp3) is 0.714. The average molecular weight is 281 g/mol. The molecule has 20 heavy (non-hydrogen) atoms. The van der Waals surface area contributed by atoms with Crippen LogP contribution in [0.3, 0.4) is 0 Å². The molecule has 0 amide bonds. The maximum Gasteiger partial charge on any atom is 0.305 e. The molecule has 0 saturated carbocycles. The second-order valence-corrected chi connectivity index (χ2v) is 5.25. The zero-order valence-corrected chi connectivity index (χ0v) is 12.0. The molecular weight excluding hydrogens is 258 g/mol. The van der Waals surface area contributed by atoms with E-state index < -0.39 is 5.97 Å². The summed E-state index contributed by atoms with van der Waals surface area (Å²) in [5, 5.41) is 12.7. The summed E-state index contributed by atoms with van der Waals surface area (Å²) in [6.45, 7) is 3.42. The largest absolute Gasteiger partial charge is 0.481 e. The molecule has 112 valence electrons. The summed E-state index contributed by atoms with van der Waals surface area (Å²) in [6.07, 6.45) is 5.15. The number of hydrogen-bond donors (Lipinski definition) is 1. The molecule has 0 spiro atoms. The molecule has 0 radical (unpaired) electrons. The Balaban J connectivity index is 1.62. The van der Waals surface area contributed by atoms with Gasteiger partial charge in [0.2, 0.25) is 0 Å². The fourth-order valence-corrected chi connectivity index (χ4v) is 2.53. The van der Waals surface area contributed by atoms with Gasteiger partial charge in [-0.05, 0) is 18.9 Å². The first-order valence-electron chi connectivity index (χ1n) is 7.18. The number of carboxylic acid groups (broad SMARTS) is 1. The van der Waals surface area contributed by atoms with Crippen LogP contribution in [0.25, 0.3) is 0 Å². The van der Waals surface area contributed by atoms with Gasteiger partial charge in [0.1, 0.15) is 0 Å². The van der Waals surface area contributed by atoms with Gasteiger partial charge < -0.3 is 14.7 Å². The summed E-state index contributed by atoms with van der Waals surface area (Å²) in [6, 6.07) is 2.06. The second-order valence-electron chi connectivity index (χ2n) is 5.25. The highest BCUT2D eigenvalue weighted by molar-refractivity contribution is 5.66. The van der Waals surface area contributed by atoms with E-state index in [0.717, 1.165) is 38.9 Å². The number of carboxylic acids is 1. The third-order valence-corrected chi connectivity index (χ3v) is 3.81. The number of hydrogen-bond acceptors (Lipinski definition) is 4. The standard InChI is InChI=1S/C14H23N3O3/c1-16-12(2-7-15-16)3-8-17-9-4-13(5-10-17)20-11-6-14(18)19/h2,7,13H,3-6,8-11H2,1H3,(H,18,19). The highest BCUT2D eigenvalue weighted by Gasteiger charge is 2.19. The molecule has 2 heterocycles. The normalized spacial score (nSPS) is 17.4. The molecular formula is C14H23N3O3. The van der Waals surface area contributed by atoms with E-state index in [-0.39, 0.29) is 12.5 Å². The van der Waals surface area contributed by atoms with Gasteiger partial charge in [-0.15, -0.1) is 0 Å². The number of aromatic nitrogens is 2. The van der Waals surface area contributed by atoms with Crippen LogP contribution in [0.15, 0.2) is 12.3 Å². The average Bonchev–Trinajstić information content (AvgIpc) is 2.83. The Morgan fingerprint density at radius 1 is 1.50 bits per heavy atom. The molecule has 2 rings (SSSR count). The van der Waals surface area contributed by atoms with Gasteiger partial charge in [-0.25, -0.2) is 0 Å². The number of aryl methyl sites for hydroxylation is 1. The predicted octanol–water partition coefficient (Wildman–Crippen LogP) is 0.918. The van der Waals surface area contributed by atoms with Crippen molar-refractivity contribution in [3.63, 3.8) is 0 Å². The van der Waals surface area contributed by atoms with Crippen LogP contribution in [0.4, 0.5) is 0 Å². The number of rotatable bonds is 7. The van der Waals surface area contributed by atoms with E-state index in [0.29, 0.717) is 6.61 Å². The van der Waals surface area contributed by atoms with Crippen molar-refractivity contribution in [1.29, 1.82) is 0 Å². The van der Waals surface area contributed by atoms with Crippen LogP contribution < -0.4 is 0 Å². The lowest BCUT2D eigenvalue weighted by atomic mass is 10.1. The number of piperidine rings is 1. The summed E-state index contributed by atoms with van der Waals surface area (Å²) in [5.74, 6) is -0.793. The van der Waals surface area contributed by atoms with E-state index in [2.05, 4.69) is 16.1 Å². The Morgan fingerprint density at radius 3 is 2.85 bits per heavy atom. The Kier molecular flexibility index (Phi) is 5.55. The van der Waals surface area contributed by atoms with Gasteiger partial charge in [-0.1, -0.05) is 0 Å². The second kappa shape index (κ2) is 7.40. The number of likely N-dealkylation sites (tertiary alicyclic amines) is 1. The van der Waals surface area contributed by atoms with Crippen LogP contribution in [-0.2, 0) is 23.0 Å². The maximum absolute atomic E-state index is 10.4. The molecule has 1 aliphatic heterocycles. The molecule has 1 aliphatic rings. The Hall–Kier alpha value is -1.40. The van der Waals surface area contributed by atoms with Crippen LogP contribution >= 0.6 is 0 Å². The van der Waals surface area contributed by atoms with E-state index in [4.69, 9.17) is 9.84 Å². The molecule has 0 aromatic carbocycles. The monoisotopic (exact) mass is 281 g/mol. The van der Waals surface area contributed by atoms with Crippen molar-refractivity contribution in [2.45, 2.75) is 31.8 Å². The third-order valence-electron chi connectivity index (χ3n) is 3.81. The molecule has 0 unspecified atom stereocenters. The van der Waals surface area contributed by atoms with Crippen LogP contribution in [0, 0.1) is 0 Å². The summed E-state index contributed by atoms with van der Waals surface area (Å²) < 4.78 is 7.51. The van der Waals surface area contributed by atoms with Gasteiger partial charge in [0, 0.05) is 45.0 Å². The van der Waals surface area contributed by atoms with E-state index in [1.54, 1.807) is 0 Å². The molecule has 1 N–H and O–H groups in total. The SMILES string of the molecule is Cn1nccc1CCN1CCC(OCCC(=O)O)CC1. The number of aliphatic carboxylic acids is 1.